The molecule has 1 aliphatic rings. The lowest BCUT2D eigenvalue weighted by Crippen LogP contribution is -2.36. The maximum Gasteiger partial charge on any atom is 0.241 e. The zero-order valence-electron chi connectivity index (χ0n) is 19.0. The number of thiazole rings is 1. The van der Waals surface area contributed by atoms with Crippen LogP contribution in [-0.4, -0.2) is 52.2 Å². The number of benzene rings is 2. The number of hydrogen-bond donors (Lipinski definition) is 2. The van der Waals surface area contributed by atoms with Gasteiger partial charge in [-0.3, -0.25) is 4.79 Å². The Labute approximate surface area is 198 Å². The molecule has 1 aromatic heterocycles. The number of fused-ring (bicyclic) bond motifs is 1. The first-order valence-corrected chi connectivity index (χ1v) is 13.1. The fraction of sp³-hybridized carbons (Fsp3) is 0.391. The molecule has 3 aromatic rings. The molecule has 0 unspecified atom stereocenters. The van der Waals surface area contributed by atoms with Crippen LogP contribution in [0.4, 0.5) is 10.8 Å². The van der Waals surface area contributed by atoms with E-state index in [-0.39, 0.29) is 23.8 Å². The Balaban J connectivity index is 1.36. The van der Waals surface area contributed by atoms with Crippen LogP contribution in [0.1, 0.15) is 23.1 Å². The predicted octanol–water partition coefficient (Wildman–Crippen LogP) is 3.37. The first-order valence-electron chi connectivity index (χ1n) is 10.8. The Bertz CT molecular complexity index is 1260. The minimum Gasteiger partial charge on any atom is -0.378 e. The summed E-state index contributed by atoms with van der Waals surface area (Å²) in [4.78, 5) is 19.6. The van der Waals surface area contributed by atoms with E-state index in [0.29, 0.717) is 30.0 Å². The second-order valence-electron chi connectivity index (χ2n) is 8.20. The molecule has 2 heterocycles. The van der Waals surface area contributed by atoms with Crippen molar-refractivity contribution in [2.75, 3.05) is 43.1 Å². The lowest BCUT2D eigenvalue weighted by Gasteiger charge is -2.25. The van der Waals surface area contributed by atoms with Gasteiger partial charge >= 0.3 is 0 Å². The van der Waals surface area contributed by atoms with Gasteiger partial charge in [0.1, 0.15) is 0 Å². The molecule has 1 aliphatic heterocycles. The highest BCUT2D eigenvalue weighted by atomic mass is 32.2. The minimum absolute atomic E-state index is 0.0188. The van der Waals surface area contributed by atoms with Gasteiger partial charge in [0.15, 0.2) is 5.13 Å². The normalized spacial score (nSPS) is 14.6. The second-order valence-corrected chi connectivity index (χ2v) is 10.9. The van der Waals surface area contributed by atoms with Crippen LogP contribution in [0.2, 0.25) is 0 Å². The van der Waals surface area contributed by atoms with E-state index < -0.39 is 10.0 Å². The molecule has 10 heteroatoms. The Morgan fingerprint density at radius 1 is 1.12 bits per heavy atom. The summed E-state index contributed by atoms with van der Waals surface area (Å²) in [5.41, 5.74) is 3.95. The third-order valence-corrected chi connectivity index (χ3v) is 8.30. The second kappa shape index (κ2) is 9.76. The molecule has 8 nitrogen and oxygen atoms in total. The highest BCUT2D eigenvalue weighted by Gasteiger charge is 2.20. The fourth-order valence-corrected chi connectivity index (χ4v) is 6.60. The van der Waals surface area contributed by atoms with E-state index in [1.54, 1.807) is 25.2 Å². The number of amides is 1. The van der Waals surface area contributed by atoms with Gasteiger partial charge in [0.25, 0.3) is 0 Å². The number of anilines is 2. The van der Waals surface area contributed by atoms with Crippen LogP contribution in [0.25, 0.3) is 10.2 Å². The van der Waals surface area contributed by atoms with Gasteiger partial charge in [-0.25, -0.2) is 18.1 Å². The molecule has 0 radical (unpaired) electrons. The summed E-state index contributed by atoms with van der Waals surface area (Å²) >= 11 is 1.58. The molecule has 1 fully saturated rings. The van der Waals surface area contributed by atoms with E-state index >= 15 is 0 Å². The zero-order chi connectivity index (χ0) is 23.6. The van der Waals surface area contributed by atoms with Crippen molar-refractivity contribution in [3.8, 4) is 0 Å². The average Bonchev–Trinajstić information content (AvgIpc) is 3.16. The van der Waals surface area contributed by atoms with Crippen LogP contribution >= 0.6 is 11.3 Å². The summed E-state index contributed by atoms with van der Waals surface area (Å²) in [5.74, 6) is -0.257. The Kier molecular flexibility index (Phi) is 6.99. The van der Waals surface area contributed by atoms with Gasteiger partial charge in [0.2, 0.25) is 15.9 Å². The SMILES string of the molecule is Cc1cc(C)c(S(=O)(=O)NCCC(=O)Nc2ccc3nc(N4CCOCC4)sc3c2)c(C)c1. The van der Waals surface area contributed by atoms with Crippen LogP contribution < -0.4 is 14.9 Å². The topological polar surface area (TPSA) is 101 Å². The summed E-state index contributed by atoms with van der Waals surface area (Å²) in [5, 5.41) is 3.80. The standard InChI is InChI=1S/C23H28N4O4S2/c1-15-12-16(2)22(17(3)13-15)33(29,30)24-7-6-21(28)25-18-4-5-19-20(14-18)32-23(26-19)27-8-10-31-11-9-27/h4-5,12-14,24H,6-11H2,1-3H3,(H,25,28). The molecule has 176 valence electrons. The van der Waals surface area contributed by atoms with Crippen molar-refractivity contribution in [2.45, 2.75) is 32.1 Å². The van der Waals surface area contributed by atoms with Crippen molar-refractivity contribution in [1.82, 2.24) is 9.71 Å². The summed E-state index contributed by atoms with van der Waals surface area (Å²) in [6.45, 7) is 8.55. The van der Waals surface area contributed by atoms with Gasteiger partial charge < -0.3 is 15.0 Å². The van der Waals surface area contributed by atoms with Crippen molar-refractivity contribution in [2.24, 2.45) is 0 Å². The first kappa shape index (κ1) is 23.6. The quantitative estimate of drug-likeness (QED) is 0.529. The summed E-state index contributed by atoms with van der Waals surface area (Å²) in [7, 11) is -3.69. The van der Waals surface area contributed by atoms with Gasteiger partial charge in [-0.1, -0.05) is 29.0 Å². The van der Waals surface area contributed by atoms with E-state index in [0.717, 1.165) is 34.0 Å². The van der Waals surface area contributed by atoms with Crippen LogP contribution in [0.5, 0.6) is 0 Å². The molecule has 4 rings (SSSR count). The molecule has 1 amide bonds. The van der Waals surface area contributed by atoms with Crippen LogP contribution in [0.3, 0.4) is 0 Å². The predicted molar refractivity (Wildman–Crippen MR) is 132 cm³/mol. The maximum atomic E-state index is 12.7. The molecular weight excluding hydrogens is 460 g/mol. The molecule has 0 atom stereocenters. The monoisotopic (exact) mass is 488 g/mol. The number of nitrogens with zero attached hydrogens (tertiary/aromatic N) is 2. The third-order valence-electron chi connectivity index (χ3n) is 5.46. The lowest BCUT2D eigenvalue weighted by molar-refractivity contribution is -0.116. The number of carbonyl (C=O) groups is 1. The smallest absolute Gasteiger partial charge is 0.241 e. The van der Waals surface area contributed by atoms with Crippen molar-refractivity contribution in [3.05, 3.63) is 47.0 Å². The van der Waals surface area contributed by atoms with Gasteiger partial charge in [0, 0.05) is 31.7 Å². The number of hydrogen-bond acceptors (Lipinski definition) is 7. The number of morpholine rings is 1. The first-order chi connectivity index (χ1) is 15.7. The van der Waals surface area contributed by atoms with Gasteiger partial charge in [-0.2, -0.15) is 0 Å². The summed E-state index contributed by atoms with van der Waals surface area (Å²) in [6.07, 6.45) is 0.0307. The molecule has 1 saturated heterocycles. The molecule has 0 aliphatic carbocycles. The molecule has 0 bridgehead atoms. The molecule has 33 heavy (non-hydrogen) atoms. The maximum absolute atomic E-state index is 12.7. The molecule has 0 spiro atoms. The van der Waals surface area contributed by atoms with Crippen molar-refractivity contribution in [1.29, 1.82) is 0 Å². The van der Waals surface area contributed by atoms with E-state index in [2.05, 4.69) is 19.9 Å². The largest absolute Gasteiger partial charge is 0.378 e. The van der Waals surface area contributed by atoms with Gasteiger partial charge in [-0.05, 0) is 50.1 Å². The van der Waals surface area contributed by atoms with Crippen LogP contribution in [0, 0.1) is 20.8 Å². The van der Waals surface area contributed by atoms with E-state index in [9.17, 15) is 13.2 Å². The lowest BCUT2D eigenvalue weighted by atomic mass is 10.1. The molecule has 2 aromatic carbocycles. The Hall–Kier alpha value is -2.53. The van der Waals surface area contributed by atoms with Crippen LogP contribution in [0.15, 0.2) is 35.2 Å². The van der Waals surface area contributed by atoms with Crippen molar-refractivity contribution >= 4 is 48.3 Å². The average molecular weight is 489 g/mol. The van der Waals surface area contributed by atoms with Crippen molar-refractivity contribution < 1.29 is 17.9 Å². The third kappa shape index (κ3) is 5.52. The number of aryl methyl sites for hydroxylation is 3. The fourth-order valence-electron chi connectivity index (χ4n) is 4.07. The minimum atomic E-state index is -3.69. The summed E-state index contributed by atoms with van der Waals surface area (Å²) < 4.78 is 34.4. The number of nitrogens with one attached hydrogen (secondary N) is 2. The Morgan fingerprint density at radius 2 is 1.82 bits per heavy atom. The van der Waals surface area contributed by atoms with E-state index in [1.807, 2.05) is 37.3 Å². The number of rotatable bonds is 7. The van der Waals surface area contributed by atoms with E-state index in [1.165, 1.54) is 0 Å². The van der Waals surface area contributed by atoms with Gasteiger partial charge in [-0.15, -0.1) is 0 Å². The molecule has 0 saturated carbocycles. The Morgan fingerprint density at radius 3 is 2.52 bits per heavy atom. The highest BCUT2D eigenvalue weighted by Crippen LogP contribution is 2.31. The summed E-state index contributed by atoms with van der Waals surface area (Å²) in [6, 6.07) is 9.28. The number of carbonyl (C=O) groups excluding carboxylic acids is 1. The highest BCUT2D eigenvalue weighted by molar-refractivity contribution is 7.89. The van der Waals surface area contributed by atoms with E-state index in [4.69, 9.17) is 4.74 Å². The number of sulfonamides is 1. The molecule has 2 N–H and O–H groups in total. The van der Waals surface area contributed by atoms with Crippen molar-refractivity contribution in [3.63, 3.8) is 0 Å². The number of ether oxygens (including phenoxy) is 1. The molecular formula is C23H28N4O4S2. The number of aromatic nitrogens is 1. The van der Waals surface area contributed by atoms with Crippen LogP contribution in [-0.2, 0) is 19.6 Å². The zero-order valence-corrected chi connectivity index (χ0v) is 20.6. The van der Waals surface area contributed by atoms with Gasteiger partial charge in [0.05, 0.1) is 28.3 Å².